The van der Waals surface area contributed by atoms with Gasteiger partial charge in [0.15, 0.2) is 0 Å². The molecule has 3 unspecified atom stereocenters. The highest BCUT2D eigenvalue weighted by atomic mass is 16.6. The van der Waals surface area contributed by atoms with Crippen LogP contribution in [0.1, 0.15) is 59.8 Å². The number of carboxylic acids is 1. The Kier molecular flexibility index (Phi) is 13.4. The molecule has 0 heterocycles. The number of carbonyl (C=O) groups is 4. The Bertz CT molecular complexity index is 1020. The molecule has 3 atom stereocenters. The van der Waals surface area contributed by atoms with E-state index < -0.39 is 40.6 Å². The number of rotatable bonds is 17. The SMILES string of the molecule is CCC(CC(C)(CC(C#N)CC(C)(C)C(=O)OCCOCCC(=O)O)C(=O)OC)C(=O)Nc1ccc(O)cc1. The summed E-state index contributed by atoms with van der Waals surface area (Å²) in [5.41, 5.74) is -1.74. The number of amides is 1. The van der Waals surface area contributed by atoms with Gasteiger partial charge in [-0.1, -0.05) is 6.92 Å². The van der Waals surface area contributed by atoms with Gasteiger partial charge >= 0.3 is 17.9 Å². The molecule has 11 heteroatoms. The molecule has 216 valence electrons. The number of methoxy groups -OCH3 is 1. The number of anilines is 1. The summed E-state index contributed by atoms with van der Waals surface area (Å²) in [5.74, 6) is -3.63. The predicted octanol–water partition coefficient (Wildman–Crippen LogP) is 3.91. The van der Waals surface area contributed by atoms with E-state index in [9.17, 15) is 29.5 Å². The van der Waals surface area contributed by atoms with E-state index in [4.69, 9.17) is 19.3 Å². The monoisotopic (exact) mass is 548 g/mol. The van der Waals surface area contributed by atoms with E-state index in [0.29, 0.717) is 12.1 Å². The number of esters is 2. The summed E-state index contributed by atoms with van der Waals surface area (Å²) < 4.78 is 15.4. The Morgan fingerprint density at radius 1 is 1.00 bits per heavy atom. The molecular formula is C28H40N2O9. The Morgan fingerprint density at radius 3 is 2.18 bits per heavy atom. The average molecular weight is 549 g/mol. The molecule has 3 N–H and O–H groups in total. The van der Waals surface area contributed by atoms with Crippen LogP contribution in [0.3, 0.4) is 0 Å². The first kappa shape index (κ1) is 33.4. The van der Waals surface area contributed by atoms with Crippen LogP contribution in [0.15, 0.2) is 24.3 Å². The second-order valence-electron chi connectivity index (χ2n) is 10.4. The van der Waals surface area contributed by atoms with Crippen molar-refractivity contribution in [3.63, 3.8) is 0 Å². The van der Waals surface area contributed by atoms with Gasteiger partial charge in [-0.2, -0.15) is 5.26 Å². The van der Waals surface area contributed by atoms with Crippen molar-refractivity contribution in [3.8, 4) is 11.8 Å². The van der Waals surface area contributed by atoms with E-state index in [1.807, 2.05) is 6.92 Å². The van der Waals surface area contributed by atoms with Gasteiger partial charge in [-0.25, -0.2) is 0 Å². The first-order valence-corrected chi connectivity index (χ1v) is 12.8. The van der Waals surface area contributed by atoms with Gasteiger partial charge in [0.25, 0.3) is 0 Å². The number of nitriles is 1. The van der Waals surface area contributed by atoms with Crippen LogP contribution in [-0.2, 0) is 33.4 Å². The molecule has 0 fully saturated rings. The van der Waals surface area contributed by atoms with Gasteiger partial charge in [0.1, 0.15) is 12.4 Å². The molecule has 39 heavy (non-hydrogen) atoms. The number of ether oxygens (including phenoxy) is 3. The summed E-state index contributed by atoms with van der Waals surface area (Å²) >= 11 is 0. The number of aromatic hydroxyl groups is 1. The summed E-state index contributed by atoms with van der Waals surface area (Å²) in [6.45, 7) is 6.74. The Balaban J connectivity index is 2.87. The maximum absolute atomic E-state index is 13.0. The van der Waals surface area contributed by atoms with E-state index in [2.05, 4.69) is 11.4 Å². The van der Waals surface area contributed by atoms with Crippen LogP contribution in [0.5, 0.6) is 5.75 Å². The van der Waals surface area contributed by atoms with Crippen molar-refractivity contribution < 1.29 is 43.6 Å². The zero-order valence-corrected chi connectivity index (χ0v) is 23.3. The van der Waals surface area contributed by atoms with E-state index in [1.54, 1.807) is 32.9 Å². The number of nitrogens with one attached hydrogen (secondary N) is 1. The van der Waals surface area contributed by atoms with Gasteiger partial charge in [0, 0.05) is 17.5 Å². The number of carbonyl (C=O) groups excluding carboxylic acids is 3. The number of aliphatic carboxylic acids is 1. The van der Waals surface area contributed by atoms with Crippen molar-refractivity contribution in [1.29, 1.82) is 5.26 Å². The van der Waals surface area contributed by atoms with Crippen LogP contribution in [0.4, 0.5) is 5.69 Å². The molecule has 0 aromatic heterocycles. The van der Waals surface area contributed by atoms with Crippen LogP contribution in [0, 0.1) is 34.0 Å². The minimum Gasteiger partial charge on any atom is -0.508 e. The molecule has 0 bridgehead atoms. The van der Waals surface area contributed by atoms with Crippen molar-refractivity contribution in [2.45, 2.75) is 59.8 Å². The molecule has 1 rings (SSSR count). The third-order valence-corrected chi connectivity index (χ3v) is 6.48. The largest absolute Gasteiger partial charge is 0.508 e. The quantitative estimate of drug-likeness (QED) is 0.147. The number of hydrogen-bond acceptors (Lipinski definition) is 9. The van der Waals surface area contributed by atoms with Crippen molar-refractivity contribution in [2.24, 2.45) is 22.7 Å². The lowest BCUT2D eigenvalue weighted by Gasteiger charge is -2.33. The van der Waals surface area contributed by atoms with Crippen LogP contribution in [-0.4, -0.2) is 61.0 Å². The Hall–Kier alpha value is -3.65. The fourth-order valence-corrected chi connectivity index (χ4v) is 4.31. The average Bonchev–Trinajstić information content (AvgIpc) is 2.89. The van der Waals surface area contributed by atoms with Gasteiger partial charge in [-0.05, 0) is 70.7 Å². The molecular weight excluding hydrogens is 508 g/mol. The summed E-state index contributed by atoms with van der Waals surface area (Å²) in [7, 11) is 1.25. The number of hydrogen-bond donors (Lipinski definition) is 3. The smallest absolute Gasteiger partial charge is 0.311 e. The number of phenolic OH excluding ortho intramolecular Hbond substituents is 1. The van der Waals surface area contributed by atoms with Crippen LogP contribution in [0.25, 0.3) is 0 Å². The maximum Gasteiger partial charge on any atom is 0.311 e. The van der Waals surface area contributed by atoms with Crippen LogP contribution < -0.4 is 5.32 Å². The standard InChI is InChI=1S/C28H40N2O9/c1-6-20(24(34)30-21-7-9-22(31)10-8-21)17-28(4,26(36)37-5)16-19(18-29)15-27(2,3)25(35)39-14-13-38-12-11-23(32)33/h7-10,19-20,31H,6,11-17H2,1-5H3,(H,30,34)(H,32,33). The number of carboxylic acid groups (broad SMARTS) is 1. The van der Waals surface area contributed by atoms with Gasteiger partial charge in [0.05, 0.1) is 43.6 Å². The number of nitrogens with zero attached hydrogens (tertiary/aromatic N) is 1. The fraction of sp³-hybridized carbons (Fsp3) is 0.607. The van der Waals surface area contributed by atoms with E-state index in [0.717, 1.165) is 0 Å². The van der Waals surface area contributed by atoms with Gasteiger partial charge in [0.2, 0.25) is 5.91 Å². The number of phenols is 1. The molecule has 1 amide bonds. The summed E-state index contributed by atoms with van der Waals surface area (Å²) in [6.07, 6.45) is 0.565. The molecule has 1 aromatic carbocycles. The second-order valence-corrected chi connectivity index (χ2v) is 10.4. The molecule has 1 aromatic rings. The van der Waals surface area contributed by atoms with E-state index >= 15 is 0 Å². The van der Waals surface area contributed by atoms with Crippen molar-refractivity contribution >= 4 is 29.5 Å². The molecule has 0 spiro atoms. The third kappa shape index (κ3) is 11.3. The lowest BCUT2D eigenvalue weighted by atomic mass is 9.70. The highest BCUT2D eigenvalue weighted by Crippen LogP contribution is 2.40. The zero-order chi connectivity index (χ0) is 29.6. The van der Waals surface area contributed by atoms with E-state index in [1.165, 1.54) is 19.2 Å². The molecule has 0 aliphatic heterocycles. The molecule has 0 radical (unpaired) electrons. The maximum atomic E-state index is 13.0. The Labute approximate surface area is 229 Å². The van der Waals surface area contributed by atoms with Gasteiger partial charge < -0.3 is 29.7 Å². The summed E-state index contributed by atoms with van der Waals surface area (Å²) in [5, 5.41) is 30.8. The predicted molar refractivity (Wildman–Crippen MR) is 141 cm³/mol. The van der Waals surface area contributed by atoms with Crippen LogP contribution >= 0.6 is 0 Å². The van der Waals surface area contributed by atoms with Gasteiger partial charge in [-0.3, -0.25) is 19.2 Å². The molecule has 0 aliphatic rings. The highest BCUT2D eigenvalue weighted by Gasteiger charge is 2.42. The zero-order valence-electron chi connectivity index (χ0n) is 23.3. The topological polar surface area (TPSA) is 172 Å². The lowest BCUT2D eigenvalue weighted by Crippen LogP contribution is -2.38. The normalized spacial score (nSPS) is 14.3. The minimum absolute atomic E-state index is 0.00457. The Morgan fingerprint density at radius 2 is 1.64 bits per heavy atom. The summed E-state index contributed by atoms with van der Waals surface area (Å²) in [4.78, 5) is 49.1. The van der Waals surface area contributed by atoms with Crippen LogP contribution in [0.2, 0.25) is 0 Å². The van der Waals surface area contributed by atoms with Crippen molar-refractivity contribution in [1.82, 2.24) is 0 Å². The number of benzene rings is 1. The molecule has 0 saturated heterocycles. The van der Waals surface area contributed by atoms with Crippen molar-refractivity contribution in [2.75, 3.05) is 32.2 Å². The fourth-order valence-electron chi connectivity index (χ4n) is 4.31. The first-order chi connectivity index (χ1) is 18.3. The third-order valence-electron chi connectivity index (χ3n) is 6.48. The summed E-state index contributed by atoms with van der Waals surface area (Å²) in [6, 6.07) is 8.22. The van der Waals surface area contributed by atoms with Gasteiger partial charge in [-0.15, -0.1) is 0 Å². The first-order valence-electron chi connectivity index (χ1n) is 12.8. The highest BCUT2D eigenvalue weighted by molar-refractivity contribution is 5.93. The minimum atomic E-state index is -1.18. The lowest BCUT2D eigenvalue weighted by molar-refractivity contribution is -0.157. The molecule has 11 nitrogen and oxygen atoms in total. The second kappa shape index (κ2) is 15.7. The van der Waals surface area contributed by atoms with E-state index in [-0.39, 0.29) is 57.2 Å². The molecule has 0 aliphatic carbocycles. The molecule has 0 saturated carbocycles. The van der Waals surface area contributed by atoms with Crippen molar-refractivity contribution in [3.05, 3.63) is 24.3 Å².